The predicted octanol–water partition coefficient (Wildman–Crippen LogP) is 2.80. The molecule has 3 unspecified atom stereocenters. The van der Waals surface area contributed by atoms with Crippen molar-refractivity contribution in [2.45, 2.75) is 30.8 Å². The first-order valence-electron chi connectivity index (χ1n) is 8.61. The number of carbonyl (C=O) groups is 1. The van der Waals surface area contributed by atoms with Crippen LogP contribution in [0.25, 0.3) is 0 Å². The SMILES string of the molecule is COc1ccc2c(c1OC)CC(c1ccccc1)C(OC)C2(C)C(N)=O. The van der Waals surface area contributed by atoms with Gasteiger partial charge in [-0.3, -0.25) is 4.79 Å². The number of rotatable bonds is 5. The summed E-state index contributed by atoms with van der Waals surface area (Å²) < 4.78 is 16.9. The number of nitrogens with two attached hydrogens (primary N) is 1. The lowest BCUT2D eigenvalue weighted by Gasteiger charge is -2.45. The van der Waals surface area contributed by atoms with Gasteiger partial charge < -0.3 is 19.9 Å². The summed E-state index contributed by atoms with van der Waals surface area (Å²) >= 11 is 0. The summed E-state index contributed by atoms with van der Waals surface area (Å²) in [4.78, 5) is 12.6. The van der Waals surface area contributed by atoms with Crippen molar-refractivity contribution in [2.24, 2.45) is 5.73 Å². The summed E-state index contributed by atoms with van der Waals surface area (Å²) in [6.45, 7) is 1.85. The quantitative estimate of drug-likeness (QED) is 0.895. The van der Waals surface area contributed by atoms with Gasteiger partial charge in [0.05, 0.1) is 25.7 Å². The average Bonchev–Trinajstić information content (AvgIpc) is 2.67. The molecule has 138 valence electrons. The van der Waals surface area contributed by atoms with E-state index in [0.717, 1.165) is 16.7 Å². The smallest absolute Gasteiger partial charge is 0.230 e. The van der Waals surface area contributed by atoms with E-state index < -0.39 is 11.3 Å². The maximum Gasteiger partial charge on any atom is 0.230 e. The lowest BCUT2D eigenvalue weighted by Crippen LogP contribution is -2.54. The molecule has 5 nitrogen and oxygen atoms in total. The van der Waals surface area contributed by atoms with Gasteiger partial charge in [0.25, 0.3) is 0 Å². The van der Waals surface area contributed by atoms with Crippen LogP contribution in [0.15, 0.2) is 42.5 Å². The number of fused-ring (bicyclic) bond motifs is 1. The number of amides is 1. The van der Waals surface area contributed by atoms with Crippen LogP contribution in [-0.4, -0.2) is 33.3 Å². The monoisotopic (exact) mass is 355 g/mol. The first kappa shape index (κ1) is 18.3. The number of hydrogen-bond acceptors (Lipinski definition) is 4. The predicted molar refractivity (Wildman–Crippen MR) is 99.8 cm³/mol. The summed E-state index contributed by atoms with van der Waals surface area (Å²) in [7, 11) is 4.85. The Morgan fingerprint density at radius 3 is 2.31 bits per heavy atom. The highest BCUT2D eigenvalue weighted by molar-refractivity contribution is 5.89. The van der Waals surface area contributed by atoms with Crippen LogP contribution < -0.4 is 15.2 Å². The van der Waals surface area contributed by atoms with Gasteiger partial charge in [-0.25, -0.2) is 0 Å². The molecule has 26 heavy (non-hydrogen) atoms. The molecule has 0 saturated heterocycles. The molecule has 1 aliphatic carbocycles. The summed E-state index contributed by atoms with van der Waals surface area (Å²) in [5.41, 5.74) is 7.78. The van der Waals surface area contributed by atoms with Gasteiger partial charge in [-0.1, -0.05) is 36.4 Å². The van der Waals surface area contributed by atoms with Gasteiger partial charge in [-0.2, -0.15) is 0 Å². The van der Waals surface area contributed by atoms with Crippen molar-refractivity contribution in [1.82, 2.24) is 0 Å². The van der Waals surface area contributed by atoms with Gasteiger partial charge in [0.2, 0.25) is 5.91 Å². The van der Waals surface area contributed by atoms with Gasteiger partial charge in [0, 0.05) is 18.6 Å². The zero-order valence-electron chi connectivity index (χ0n) is 15.6. The first-order valence-corrected chi connectivity index (χ1v) is 8.61. The molecular weight excluding hydrogens is 330 g/mol. The standard InChI is InChI=1S/C21H25NO4/c1-21(20(22)23)16-10-11-17(24-2)18(25-3)15(16)12-14(19(21)26-4)13-8-6-5-7-9-13/h5-11,14,19H,12H2,1-4H3,(H2,22,23). The van der Waals surface area contributed by atoms with E-state index in [0.29, 0.717) is 17.9 Å². The average molecular weight is 355 g/mol. The third-order valence-corrected chi connectivity index (χ3v) is 5.56. The summed E-state index contributed by atoms with van der Waals surface area (Å²) in [5, 5.41) is 0. The molecule has 3 rings (SSSR count). The van der Waals surface area contributed by atoms with E-state index in [4.69, 9.17) is 19.9 Å². The van der Waals surface area contributed by atoms with Gasteiger partial charge in [0.1, 0.15) is 0 Å². The lowest BCUT2D eigenvalue weighted by atomic mass is 9.62. The van der Waals surface area contributed by atoms with E-state index in [1.54, 1.807) is 21.3 Å². The first-order chi connectivity index (χ1) is 12.5. The second-order valence-electron chi connectivity index (χ2n) is 6.77. The minimum atomic E-state index is -0.984. The van der Waals surface area contributed by atoms with Crippen molar-refractivity contribution >= 4 is 5.91 Å². The van der Waals surface area contributed by atoms with Gasteiger partial charge >= 0.3 is 0 Å². The minimum absolute atomic E-state index is 0.0350. The molecule has 0 spiro atoms. The van der Waals surface area contributed by atoms with Crippen LogP contribution >= 0.6 is 0 Å². The molecule has 0 aromatic heterocycles. The molecule has 3 atom stereocenters. The normalized spacial score (nSPS) is 24.6. The number of hydrogen-bond donors (Lipinski definition) is 1. The van der Waals surface area contributed by atoms with Crippen molar-refractivity contribution in [3.8, 4) is 11.5 Å². The van der Waals surface area contributed by atoms with Crippen LogP contribution in [0.5, 0.6) is 11.5 Å². The summed E-state index contributed by atoms with van der Waals surface area (Å²) in [6.07, 6.45) is 0.286. The fourth-order valence-electron chi connectivity index (χ4n) is 4.23. The van der Waals surface area contributed by atoms with Crippen molar-refractivity contribution in [2.75, 3.05) is 21.3 Å². The molecule has 2 aromatic rings. The van der Waals surface area contributed by atoms with Crippen LogP contribution in [0.2, 0.25) is 0 Å². The fourth-order valence-corrected chi connectivity index (χ4v) is 4.23. The van der Waals surface area contributed by atoms with Crippen LogP contribution in [-0.2, 0) is 21.4 Å². The van der Waals surface area contributed by atoms with Gasteiger partial charge in [0.15, 0.2) is 11.5 Å². The Morgan fingerprint density at radius 2 is 1.77 bits per heavy atom. The van der Waals surface area contributed by atoms with Crippen LogP contribution in [0, 0.1) is 0 Å². The largest absolute Gasteiger partial charge is 0.493 e. The number of benzene rings is 2. The van der Waals surface area contributed by atoms with Crippen molar-refractivity contribution in [3.63, 3.8) is 0 Å². The summed E-state index contributed by atoms with van der Waals surface area (Å²) in [5.74, 6) is 0.833. The minimum Gasteiger partial charge on any atom is -0.493 e. The molecule has 0 fully saturated rings. The Balaban J connectivity index is 2.28. The molecule has 1 amide bonds. The molecule has 2 N–H and O–H groups in total. The van der Waals surface area contributed by atoms with Gasteiger partial charge in [-0.15, -0.1) is 0 Å². The van der Waals surface area contributed by atoms with Crippen LogP contribution in [0.4, 0.5) is 0 Å². The topological polar surface area (TPSA) is 70.8 Å². The molecular formula is C21H25NO4. The number of ether oxygens (including phenoxy) is 3. The van der Waals surface area contributed by atoms with Gasteiger partial charge in [-0.05, 0) is 30.5 Å². The van der Waals surface area contributed by atoms with Crippen LogP contribution in [0.3, 0.4) is 0 Å². The molecule has 0 heterocycles. The van der Waals surface area contributed by atoms with E-state index in [-0.39, 0.29) is 12.0 Å². The van der Waals surface area contributed by atoms with E-state index in [9.17, 15) is 4.79 Å². The molecule has 1 aliphatic rings. The number of carbonyl (C=O) groups excluding carboxylic acids is 1. The lowest BCUT2D eigenvalue weighted by molar-refractivity contribution is -0.129. The molecule has 0 saturated carbocycles. The van der Waals surface area contributed by atoms with E-state index >= 15 is 0 Å². The third-order valence-electron chi connectivity index (χ3n) is 5.56. The van der Waals surface area contributed by atoms with E-state index in [2.05, 4.69) is 12.1 Å². The maximum absolute atomic E-state index is 12.6. The Hall–Kier alpha value is -2.53. The highest BCUT2D eigenvalue weighted by Crippen LogP contribution is 2.50. The summed E-state index contributed by atoms with van der Waals surface area (Å²) in [6, 6.07) is 13.8. The Bertz CT molecular complexity index is 805. The van der Waals surface area contributed by atoms with E-state index in [1.807, 2.05) is 37.3 Å². The maximum atomic E-state index is 12.6. The molecule has 5 heteroatoms. The number of methoxy groups -OCH3 is 3. The molecule has 2 aromatic carbocycles. The van der Waals surface area contributed by atoms with E-state index in [1.165, 1.54) is 0 Å². The van der Waals surface area contributed by atoms with Crippen molar-refractivity contribution in [1.29, 1.82) is 0 Å². The molecule has 0 radical (unpaired) electrons. The second kappa shape index (κ2) is 7.00. The molecule has 0 aliphatic heterocycles. The van der Waals surface area contributed by atoms with Crippen LogP contribution in [0.1, 0.15) is 29.5 Å². The Kier molecular flexibility index (Phi) is 4.92. The van der Waals surface area contributed by atoms with Crippen molar-refractivity contribution < 1.29 is 19.0 Å². The highest BCUT2D eigenvalue weighted by atomic mass is 16.5. The zero-order chi connectivity index (χ0) is 18.9. The molecule has 0 bridgehead atoms. The second-order valence-corrected chi connectivity index (χ2v) is 6.77. The fraction of sp³-hybridized carbons (Fsp3) is 0.381. The Morgan fingerprint density at radius 1 is 1.08 bits per heavy atom. The zero-order valence-corrected chi connectivity index (χ0v) is 15.6. The third kappa shape index (κ3) is 2.63. The van der Waals surface area contributed by atoms with Crippen molar-refractivity contribution in [3.05, 3.63) is 59.2 Å². The highest BCUT2D eigenvalue weighted by Gasteiger charge is 2.51. The Labute approximate surface area is 154 Å². The number of primary amides is 1.